The fourth-order valence-corrected chi connectivity index (χ4v) is 1.17. The minimum absolute atomic E-state index is 0.0748. The van der Waals surface area contributed by atoms with Gasteiger partial charge in [0.1, 0.15) is 11.6 Å². The summed E-state index contributed by atoms with van der Waals surface area (Å²) in [6.45, 7) is 0. The molecule has 0 aromatic heterocycles. The van der Waals surface area contributed by atoms with Gasteiger partial charge in [0, 0.05) is 10.5 Å². The van der Waals surface area contributed by atoms with E-state index < -0.39 is 5.82 Å². The first kappa shape index (κ1) is 8.81. The summed E-state index contributed by atoms with van der Waals surface area (Å²) in [7, 11) is 1.47. The Labute approximate surface area is 77.2 Å². The van der Waals surface area contributed by atoms with Crippen LogP contribution in [0.1, 0.15) is 0 Å². The molecule has 0 aliphatic rings. The Morgan fingerprint density at radius 2 is 2.18 bits per heavy atom. The molecule has 0 radical (unpaired) electrons. The van der Waals surface area contributed by atoms with E-state index in [0.717, 1.165) is 0 Å². The first-order valence-corrected chi connectivity index (χ1v) is 4.00. The Balaban J connectivity index is 3.21. The number of halogens is 3. The van der Waals surface area contributed by atoms with Crippen molar-refractivity contribution in [1.29, 1.82) is 0 Å². The molecule has 0 atom stereocenters. The molecule has 0 amide bonds. The second-order valence-corrected chi connectivity index (χ2v) is 3.14. The molecule has 0 aliphatic heterocycles. The van der Waals surface area contributed by atoms with Gasteiger partial charge in [-0.15, -0.1) is 0 Å². The minimum atomic E-state index is -0.488. The maximum atomic E-state index is 12.8. The molecule has 0 spiro atoms. The van der Waals surface area contributed by atoms with Gasteiger partial charge in [-0.25, -0.2) is 4.39 Å². The summed E-state index contributed by atoms with van der Waals surface area (Å²) in [5.74, 6) is -0.0448. The van der Waals surface area contributed by atoms with Crippen molar-refractivity contribution >= 4 is 27.5 Å². The van der Waals surface area contributed by atoms with Crippen molar-refractivity contribution in [2.45, 2.75) is 0 Å². The Hall–Kier alpha value is -0.280. The van der Waals surface area contributed by atoms with Crippen molar-refractivity contribution in [3.63, 3.8) is 0 Å². The molecule has 4 heteroatoms. The maximum absolute atomic E-state index is 12.8. The zero-order chi connectivity index (χ0) is 8.43. The summed E-state index contributed by atoms with van der Waals surface area (Å²) in [6, 6.07) is 2.83. The van der Waals surface area contributed by atoms with Crippen molar-refractivity contribution in [3.05, 3.63) is 27.4 Å². The van der Waals surface area contributed by atoms with Crippen molar-refractivity contribution in [1.82, 2.24) is 0 Å². The third-order valence-electron chi connectivity index (χ3n) is 1.19. The van der Waals surface area contributed by atoms with E-state index in [9.17, 15) is 4.39 Å². The quantitative estimate of drug-likeness (QED) is 0.684. The molecule has 0 saturated heterocycles. The molecule has 0 heterocycles. The van der Waals surface area contributed by atoms with Crippen molar-refractivity contribution in [2.24, 2.45) is 0 Å². The lowest BCUT2D eigenvalue weighted by molar-refractivity contribution is 0.411. The highest BCUT2D eigenvalue weighted by molar-refractivity contribution is 9.10. The Morgan fingerprint density at radius 3 is 2.64 bits per heavy atom. The summed E-state index contributed by atoms with van der Waals surface area (Å²) in [6.07, 6.45) is 0. The molecule has 1 nitrogen and oxygen atoms in total. The monoisotopic (exact) mass is 238 g/mol. The lowest BCUT2D eigenvalue weighted by Crippen LogP contribution is -1.85. The molecule has 1 aromatic rings. The molecule has 1 aromatic carbocycles. The number of ether oxygens (including phenoxy) is 1. The summed E-state index contributed by atoms with van der Waals surface area (Å²) in [5.41, 5.74) is 0. The molecule has 11 heavy (non-hydrogen) atoms. The van der Waals surface area contributed by atoms with E-state index in [1.54, 1.807) is 6.07 Å². The molecule has 0 unspecified atom stereocenters. The van der Waals surface area contributed by atoms with E-state index in [1.165, 1.54) is 13.2 Å². The lowest BCUT2D eigenvalue weighted by Gasteiger charge is -2.02. The van der Waals surface area contributed by atoms with E-state index >= 15 is 0 Å². The van der Waals surface area contributed by atoms with Gasteiger partial charge >= 0.3 is 0 Å². The number of hydrogen-bond acceptors (Lipinski definition) is 1. The molecular formula is C7H5BrClFO. The van der Waals surface area contributed by atoms with Crippen LogP contribution in [-0.4, -0.2) is 7.11 Å². The van der Waals surface area contributed by atoms with Gasteiger partial charge in [-0.1, -0.05) is 11.6 Å². The topological polar surface area (TPSA) is 9.23 Å². The van der Waals surface area contributed by atoms with E-state index in [0.29, 0.717) is 10.2 Å². The van der Waals surface area contributed by atoms with Crippen LogP contribution in [0.3, 0.4) is 0 Å². The zero-order valence-electron chi connectivity index (χ0n) is 5.70. The van der Waals surface area contributed by atoms with Crippen LogP contribution in [0.25, 0.3) is 0 Å². The van der Waals surface area contributed by atoms with Crippen LogP contribution in [0.15, 0.2) is 16.6 Å². The Kier molecular flexibility index (Phi) is 2.73. The van der Waals surface area contributed by atoms with Gasteiger partial charge in [-0.3, -0.25) is 0 Å². The SMILES string of the molecule is COc1cc(F)c(Cl)c(Br)c1. The molecule has 0 bridgehead atoms. The Morgan fingerprint density at radius 1 is 1.55 bits per heavy atom. The first-order chi connectivity index (χ1) is 5.15. The highest BCUT2D eigenvalue weighted by atomic mass is 79.9. The van der Waals surface area contributed by atoms with E-state index in [2.05, 4.69) is 15.9 Å². The summed E-state index contributed by atoms with van der Waals surface area (Å²) in [4.78, 5) is 0. The predicted octanol–water partition coefficient (Wildman–Crippen LogP) is 3.25. The first-order valence-electron chi connectivity index (χ1n) is 2.83. The molecule has 60 valence electrons. The predicted molar refractivity (Wildman–Crippen MR) is 45.7 cm³/mol. The fraction of sp³-hybridized carbons (Fsp3) is 0.143. The fourth-order valence-electron chi connectivity index (χ4n) is 0.650. The van der Waals surface area contributed by atoms with Crippen LogP contribution in [0.2, 0.25) is 5.02 Å². The molecule has 0 fully saturated rings. The standard InChI is InChI=1S/C7H5BrClFO/c1-11-4-2-5(8)7(9)6(10)3-4/h2-3H,1H3. The van der Waals surface area contributed by atoms with Crippen molar-refractivity contribution < 1.29 is 9.13 Å². The van der Waals surface area contributed by atoms with Gasteiger partial charge in [0.25, 0.3) is 0 Å². The number of hydrogen-bond donors (Lipinski definition) is 0. The molecule has 0 N–H and O–H groups in total. The number of methoxy groups -OCH3 is 1. The second kappa shape index (κ2) is 3.41. The van der Waals surface area contributed by atoms with Gasteiger partial charge in [0.2, 0.25) is 0 Å². The van der Waals surface area contributed by atoms with Crippen LogP contribution in [0.4, 0.5) is 4.39 Å². The highest BCUT2D eigenvalue weighted by Gasteiger charge is 2.06. The number of rotatable bonds is 1. The lowest BCUT2D eigenvalue weighted by atomic mass is 10.3. The average molecular weight is 239 g/mol. The highest BCUT2D eigenvalue weighted by Crippen LogP contribution is 2.29. The molecule has 0 saturated carbocycles. The van der Waals surface area contributed by atoms with E-state index in [1.807, 2.05) is 0 Å². The van der Waals surface area contributed by atoms with E-state index in [4.69, 9.17) is 16.3 Å². The van der Waals surface area contributed by atoms with Crippen LogP contribution in [0, 0.1) is 5.82 Å². The van der Waals surface area contributed by atoms with Crippen LogP contribution in [0.5, 0.6) is 5.75 Å². The van der Waals surface area contributed by atoms with Crippen LogP contribution < -0.4 is 4.74 Å². The minimum Gasteiger partial charge on any atom is -0.497 e. The molecule has 0 aliphatic carbocycles. The average Bonchev–Trinajstić information content (AvgIpc) is 1.99. The van der Waals surface area contributed by atoms with Crippen LogP contribution >= 0.6 is 27.5 Å². The summed E-state index contributed by atoms with van der Waals surface area (Å²) >= 11 is 8.61. The van der Waals surface area contributed by atoms with Gasteiger partial charge in [-0.2, -0.15) is 0 Å². The van der Waals surface area contributed by atoms with Crippen LogP contribution in [-0.2, 0) is 0 Å². The zero-order valence-corrected chi connectivity index (χ0v) is 8.04. The summed E-state index contributed by atoms with van der Waals surface area (Å²) in [5, 5.41) is 0.0748. The largest absolute Gasteiger partial charge is 0.497 e. The van der Waals surface area contributed by atoms with Gasteiger partial charge in [0.15, 0.2) is 0 Å². The number of benzene rings is 1. The Bertz CT molecular complexity index is 254. The smallest absolute Gasteiger partial charge is 0.146 e. The van der Waals surface area contributed by atoms with Gasteiger partial charge < -0.3 is 4.74 Å². The van der Waals surface area contributed by atoms with Gasteiger partial charge in [-0.05, 0) is 22.0 Å². The third-order valence-corrected chi connectivity index (χ3v) is 2.43. The molecular weight excluding hydrogens is 234 g/mol. The van der Waals surface area contributed by atoms with Gasteiger partial charge in [0.05, 0.1) is 12.1 Å². The second-order valence-electron chi connectivity index (χ2n) is 1.91. The van der Waals surface area contributed by atoms with E-state index in [-0.39, 0.29) is 5.02 Å². The third kappa shape index (κ3) is 1.84. The maximum Gasteiger partial charge on any atom is 0.146 e. The van der Waals surface area contributed by atoms with Crippen molar-refractivity contribution in [2.75, 3.05) is 7.11 Å². The normalized spacial score (nSPS) is 9.82. The summed E-state index contributed by atoms with van der Waals surface area (Å²) < 4.78 is 18.1. The molecule has 1 rings (SSSR count). The van der Waals surface area contributed by atoms with Crippen molar-refractivity contribution in [3.8, 4) is 5.75 Å².